The first-order valence-corrected chi connectivity index (χ1v) is 7.18. The molecule has 0 radical (unpaired) electrons. The van der Waals surface area contributed by atoms with Gasteiger partial charge in [0.2, 0.25) is 0 Å². The minimum atomic E-state index is -0.374. The van der Waals surface area contributed by atoms with Gasteiger partial charge in [-0.3, -0.25) is 9.59 Å². The minimum absolute atomic E-state index is 0.0580. The molecule has 1 atom stereocenters. The third kappa shape index (κ3) is 2.71. The lowest BCUT2D eigenvalue weighted by Crippen LogP contribution is -2.38. The lowest BCUT2D eigenvalue weighted by Gasteiger charge is -2.28. The van der Waals surface area contributed by atoms with Crippen molar-refractivity contribution in [1.29, 1.82) is 0 Å². The zero-order chi connectivity index (χ0) is 14.8. The van der Waals surface area contributed by atoms with E-state index in [4.69, 9.17) is 9.47 Å². The Balaban J connectivity index is 1.80. The number of carbonyl (C=O) groups is 2. The molecule has 2 amide bonds. The molecule has 1 N–H and O–H groups in total. The highest BCUT2D eigenvalue weighted by molar-refractivity contribution is 6.00. The van der Waals surface area contributed by atoms with Crippen molar-refractivity contribution < 1.29 is 19.1 Å². The zero-order valence-electron chi connectivity index (χ0n) is 11.9. The fraction of sp³-hybridized carbons (Fsp3) is 0.467. The molecule has 3 rings (SSSR count). The molecule has 2 aliphatic heterocycles. The Hall–Kier alpha value is -2.08. The summed E-state index contributed by atoms with van der Waals surface area (Å²) in [6.07, 6.45) is 1.29. The minimum Gasteiger partial charge on any atom is -0.482 e. The number of hydrogen-bond donors (Lipinski definition) is 1. The van der Waals surface area contributed by atoms with Crippen LogP contribution in [-0.4, -0.2) is 37.7 Å². The summed E-state index contributed by atoms with van der Waals surface area (Å²) in [4.78, 5) is 25.5. The van der Waals surface area contributed by atoms with E-state index >= 15 is 0 Å². The monoisotopic (exact) mass is 290 g/mol. The van der Waals surface area contributed by atoms with Crippen molar-refractivity contribution in [2.75, 3.05) is 30.0 Å². The van der Waals surface area contributed by atoms with Crippen LogP contribution < -0.4 is 15.0 Å². The number of amides is 2. The van der Waals surface area contributed by atoms with Gasteiger partial charge in [-0.2, -0.15) is 0 Å². The van der Waals surface area contributed by atoms with Crippen LogP contribution >= 0.6 is 0 Å². The van der Waals surface area contributed by atoms with Gasteiger partial charge in [0.1, 0.15) is 11.9 Å². The topological polar surface area (TPSA) is 67.9 Å². The Kier molecular flexibility index (Phi) is 3.79. The molecule has 1 saturated heterocycles. The molecule has 6 nitrogen and oxygen atoms in total. The molecule has 112 valence electrons. The lowest BCUT2D eigenvalue weighted by atomic mass is 10.2. The van der Waals surface area contributed by atoms with Gasteiger partial charge >= 0.3 is 0 Å². The van der Waals surface area contributed by atoms with Gasteiger partial charge in [0, 0.05) is 18.8 Å². The van der Waals surface area contributed by atoms with Gasteiger partial charge in [-0.05, 0) is 38.0 Å². The number of nitrogens with one attached hydrogen (secondary N) is 1. The summed E-state index contributed by atoms with van der Waals surface area (Å²) in [5, 5.41) is 2.84. The normalized spacial score (nSPS) is 20.9. The van der Waals surface area contributed by atoms with Gasteiger partial charge in [0.15, 0.2) is 6.61 Å². The van der Waals surface area contributed by atoms with Gasteiger partial charge in [-0.25, -0.2) is 0 Å². The first-order chi connectivity index (χ1) is 10.2. The number of rotatable bonds is 3. The summed E-state index contributed by atoms with van der Waals surface area (Å²) in [7, 11) is 0. The molecule has 1 fully saturated rings. The van der Waals surface area contributed by atoms with E-state index in [-0.39, 0.29) is 24.5 Å². The second kappa shape index (κ2) is 5.73. The van der Waals surface area contributed by atoms with Crippen LogP contribution in [0.2, 0.25) is 0 Å². The van der Waals surface area contributed by atoms with Gasteiger partial charge in [0.25, 0.3) is 11.8 Å². The largest absolute Gasteiger partial charge is 0.482 e. The fourth-order valence-corrected chi connectivity index (χ4v) is 2.63. The Morgan fingerprint density at radius 3 is 3.05 bits per heavy atom. The molecule has 0 aliphatic carbocycles. The number of benzene rings is 1. The molecule has 2 aliphatic rings. The standard InChI is InChI=1S/C15H18N2O4/c1-2-17-11-8-10(5-6-12(11)21-9-14(17)18)16-15(19)13-4-3-7-20-13/h5-6,8,13H,2-4,7,9H2,1H3,(H,16,19). The Morgan fingerprint density at radius 1 is 1.48 bits per heavy atom. The van der Waals surface area contributed by atoms with E-state index in [1.807, 2.05) is 6.92 Å². The average molecular weight is 290 g/mol. The summed E-state index contributed by atoms with van der Waals surface area (Å²) in [6.45, 7) is 3.17. The number of ether oxygens (including phenoxy) is 2. The molecular weight excluding hydrogens is 272 g/mol. The van der Waals surface area contributed by atoms with Crippen molar-refractivity contribution in [3.05, 3.63) is 18.2 Å². The maximum atomic E-state index is 12.1. The van der Waals surface area contributed by atoms with Crippen LogP contribution in [0.4, 0.5) is 11.4 Å². The summed E-state index contributed by atoms with van der Waals surface area (Å²) in [6, 6.07) is 5.31. The van der Waals surface area contributed by atoms with E-state index in [1.54, 1.807) is 23.1 Å². The second-order valence-corrected chi connectivity index (χ2v) is 5.10. The summed E-state index contributed by atoms with van der Waals surface area (Å²) in [5.74, 6) is 0.442. The van der Waals surface area contributed by atoms with Crippen molar-refractivity contribution in [2.24, 2.45) is 0 Å². The molecule has 0 bridgehead atoms. The first-order valence-electron chi connectivity index (χ1n) is 7.18. The fourth-order valence-electron chi connectivity index (χ4n) is 2.63. The van der Waals surface area contributed by atoms with Crippen molar-refractivity contribution in [3.8, 4) is 5.75 Å². The molecule has 21 heavy (non-hydrogen) atoms. The molecular formula is C15H18N2O4. The summed E-state index contributed by atoms with van der Waals surface area (Å²) in [5.41, 5.74) is 1.34. The quantitative estimate of drug-likeness (QED) is 0.917. The van der Waals surface area contributed by atoms with Crippen molar-refractivity contribution >= 4 is 23.2 Å². The number of anilines is 2. The molecule has 1 aromatic carbocycles. The van der Waals surface area contributed by atoms with Crippen LogP contribution in [0.1, 0.15) is 19.8 Å². The van der Waals surface area contributed by atoms with E-state index in [0.717, 1.165) is 12.8 Å². The van der Waals surface area contributed by atoms with E-state index < -0.39 is 0 Å². The van der Waals surface area contributed by atoms with Crippen LogP contribution in [-0.2, 0) is 14.3 Å². The Bertz CT molecular complexity index is 567. The smallest absolute Gasteiger partial charge is 0.265 e. The molecule has 0 aromatic heterocycles. The van der Waals surface area contributed by atoms with Gasteiger partial charge in [0.05, 0.1) is 5.69 Å². The third-order valence-electron chi connectivity index (χ3n) is 3.71. The van der Waals surface area contributed by atoms with Crippen LogP contribution in [0, 0.1) is 0 Å². The number of likely N-dealkylation sites (N-methyl/N-ethyl adjacent to an activating group) is 1. The van der Waals surface area contributed by atoms with Crippen molar-refractivity contribution in [3.63, 3.8) is 0 Å². The van der Waals surface area contributed by atoms with E-state index in [9.17, 15) is 9.59 Å². The number of nitrogens with zero attached hydrogens (tertiary/aromatic N) is 1. The highest BCUT2D eigenvalue weighted by Crippen LogP contribution is 2.34. The van der Waals surface area contributed by atoms with E-state index in [2.05, 4.69) is 5.32 Å². The molecule has 2 heterocycles. The molecule has 1 aromatic rings. The highest BCUT2D eigenvalue weighted by Gasteiger charge is 2.26. The lowest BCUT2D eigenvalue weighted by molar-refractivity contribution is -0.124. The van der Waals surface area contributed by atoms with Crippen molar-refractivity contribution in [2.45, 2.75) is 25.9 Å². The van der Waals surface area contributed by atoms with Crippen LogP contribution in [0.3, 0.4) is 0 Å². The predicted molar refractivity (Wildman–Crippen MR) is 77.6 cm³/mol. The maximum absolute atomic E-state index is 12.1. The van der Waals surface area contributed by atoms with Crippen LogP contribution in [0.5, 0.6) is 5.75 Å². The molecule has 0 saturated carbocycles. The van der Waals surface area contributed by atoms with Gasteiger partial charge in [-0.15, -0.1) is 0 Å². The SMILES string of the molecule is CCN1C(=O)COc2ccc(NC(=O)C3CCCO3)cc21. The number of hydrogen-bond acceptors (Lipinski definition) is 4. The Labute approximate surface area is 123 Å². The summed E-state index contributed by atoms with van der Waals surface area (Å²) >= 11 is 0. The van der Waals surface area contributed by atoms with Gasteiger partial charge in [-0.1, -0.05) is 0 Å². The maximum Gasteiger partial charge on any atom is 0.265 e. The predicted octanol–water partition coefficient (Wildman–Crippen LogP) is 1.55. The highest BCUT2D eigenvalue weighted by atomic mass is 16.5. The van der Waals surface area contributed by atoms with Crippen LogP contribution in [0.25, 0.3) is 0 Å². The van der Waals surface area contributed by atoms with Crippen molar-refractivity contribution in [1.82, 2.24) is 0 Å². The zero-order valence-corrected chi connectivity index (χ0v) is 11.9. The summed E-state index contributed by atoms with van der Waals surface area (Å²) < 4.78 is 10.8. The molecule has 6 heteroatoms. The average Bonchev–Trinajstić information content (AvgIpc) is 3.01. The number of fused-ring (bicyclic) bond motifs is 1. The van der Waals surface area contributed by atoms with Gasteiger partial charge < -0.3 is 19.7 Å². The van der Waals surface area contributed by atoms with Crippen LogP contribution in [0.15, 0.2) is 18.2 Å². The third-order valence-corrected chi connectivity index (χ3v) is 3.71. The van der Waals surface area contributed by atoms with E-state index in [1.165, 1.54) is 0 Å². The first kappa shape index (κ1) is 13.9. The molecule has 1 unspecified atom stereocenters. The molecule has 0 spiro atoms. The Morgan fingerprint density at radius 2 is 2.33 bits per heavy atom. The number of carbonyl (C=O) groups excluding carboxylic acids is 2. The van der Waals surface area contributed by atoms with E-state index in [0.29, 0.717) is 30.3 Å². The second-order valence-electron chi connectivity index (χ2n) is 5.10.